The van der Waals surface area contributed by atoms with E-state index in [1.807, 2.05) is 24.3 Å². The molecule has 0 radical (unpaired) electrons. The zero-order chi connectivity index (χ0) is 20.8. The summed E-state index contributed by atoms with van der Waals surface area (Å²) in [4.78, 5) is 8.81. The molecule has 5 nitrogen and oxygen atoms in total. The Balaban J connectivity index is 0.000000128. The highest BCUT2D eigenvalue weighted by Crippen LogP contribution is 2.45. The summed E-state index contributed by atoms with van der Waals surface area (Å²) in [6.07, 6.45) is 4.89. The van der Waals surface area contributed by atoms with Gasteiger partial charge in [0.25, 0.3) is 0 Å². The number of nitrogens with zero attached hydrogens (tertiary/aromatic N) is 4. The molecule has 2 heterocycles. The highest BCUT2D eigenvalue weighted by Gasteiger charge is 2.28. The highest BCUT2D eigenvalue weighted by molar-refractivity contribution is 9.11. The van der Waals surface area contributed by atoms with Crippen molar-refractivity contribution in [3.05, 3.63) is 50.4 Å². The Morgan fingerprint density at radius 3 is 1.83 bits per heavy atom. The van der Waals surface area contributed by atoms with E-state index in [9.17, 15) is 0 Å². The Morgan fingerprint density at radius 1 is 0.833 bits per heavy atom. The molecule has 2 fully saturated rings. The Bertz CT molecular complexity index is 1260. The summed E-state index contributed by atoms with van der Waals surface area (Å²) < 4.78 is 3.05. The number of thiazole rings is 2. The molecule has 2 N–H and O–H groups in total. The average molecular weight is 494 g/mol. The van der Waals surface area contributed by atoms with Crippen molar-refractivity contribution in [2.24, 2.45) is 0 Å². The summed E-state index contributed by atoms with van der Waals surface area (Å²) >= 11 is 6.45. The van der Waals surface area contributed by atoms with Crippen molar-refractivity contribution >= 4 is 64.2 Å². The number of aromatic nitrogens is 2. The number of fused-ring (bicyclic) bond motifs is 2. The Hall–Kier alpha value is -2.52. The summed E-state index contributed by atoms with van der Waals surface area (Å²) in [5.74, 6) is 1.23. The van der Waals surface area contributed by atoms with Crippen LogP contribution in [0.3, 0.4) is 0 Å². The number of hydrogen-bond donors (Lipinski definition) is 1. The normalized spacial score (nSPS) is 15.4. The van der Waals surface area contributed by atoms with Crippen molar-refractivity contribution in [1.29, 1.82) is 10.5 Å². The molecule has 0 aliphatic heterocycles. The van der Waals surface area contributed by atoms with Gasteiger partial charge in [-0.2, -0.15) is 10.5 Å². The van der Waals surface area contributed by atoms with Crippen LogP contribution in [0.5, 0.6) is 0 Å². The second-order valence-corrected chi connectivity index (χ2v) is 11.0. The number of benzene rings is 2. The number of hydrogen-bond acceptors (Lipinski definition) is 7. The molecule has 2 aromatic carbocycles. The predicted molar refractivity (Wildman–Crippen MR) is 125 cm³/mol. The van der Waals surface area contributed by atoms with Crippen molar-refractivity contribution < 1.29 is 0 Å². The third-order valence-corrected chi connectivity index (χ3v) is 7.62. The Kier molecular flexibility index (Phi) is 4.94. The van der Waals surface area contributed by atoms with Gasteiger partial charge >= 0.3 is 0 Å². The van der Waals surface area contributed by atoms with Gasteiger partial charge in [-0.25, -0.2) is 9.97 Å². The summed E-state index contributed by atoms with van der Waals surface area (Å²) in [5.41, 5.74) is 11.7. The summed E-state index contributed by atoms with van der Waals surface area (Å²) in [5, 5.41) is 18.5. The molecule has 8 heteroatoms. The number of nitrogen functional groups attached to an aromatic ring is 1. The van der Waals surface area contributed by atoms with Gasteiger partial charge in [0, 0.05) is 0 Å². The van der Waals surface area contributed by atoms with Gasteiger partial charge in [0.15, 0.2) is 9.05 Å². The minimum Gasteiger partial charge on any atom is -0.375 e. The fraction of sp³-hybridized carbons (Fsp3) is 0.273. The van der Waals surface area contributed by atoms with Gasteiger partial charge in [-0.15, -0.1) is 11.3 Å². The molecule has 0 unspecified atom stereocenters. The molecule has 6 rings (SSSR count). The summed E-state index contributed by atoms with van der Waals surface area (Å²) in [7, 11) is 0. The number of nitrogens with two attached hydrogens (primary N) is 1. The third-order valence-electron chi connectivity index (χ3n) is 5.33. The molecule has 30 heavy (non-hydrogen) atoms. The number of rotatable bonds is 2. The predicted octanol–water partition coefficient (Wildman–Crippen LogP) is 6.44. The summed E-state index contributed by atoms with van der Waals surface area (Å²) in [6.45, 7) is 0. The maximum absolute atomic E-state index is 8.95. The second-order valence-electron chi connectivity index (χ2n) is 7.62. The van der Waals surface area contributed by atoms with Crippen LogP contribution in [0.25, 0.3) is 20.4 Å². The van der Waals surface area contributed by atoms with Crippen LogP contribution in [0.2, 0.25) is 0 Å². The first kappa shape index (κ1) is 19.4. The van der Waals surface area contributed by atoms with E-state index in [0.29, 0.717) is 22.5 Å². The van der Waals surface area contributed by atoms with Crippen LogP contribution in [0.4, 0.5) is 5.13 Å². The van der Waals surface area contributed by atoms with Gasteiger partial charge in [0.1, 0.15) is 0 Å². The maximum atomic E-state index is 8.95. The minimum absolute atomic E-state index is 0.585. The molecule has 0 amide bonds. The van der Waals surface area contributed by atoms with Gasteiger partial charge in [-0.3, -0.25) is 0 Å². The first-order valence-electron chi connectivity index (χ1n) is 9.66. The molecule has 2 aliphatic carbocycles. The molecule has 2 aromatic heterocycles. The first-order valence-corrected chi connectivity index (χ1v) is 12.1. The van der Waals surface area contributed by atoms with E-state index in [1.54, 1.807) is 11.3 Å². The summed E-state index contributed by atoms with van der Waals surface area (Å²) in [6, 6.07) is 12.1. The highest BCUT2D eigenvalue weighted by atomic mass is 79.9. The molecular formula is C22H16BrN5S2. The van der Waals surface area contributed by atoms with Crippen molar-refractivity contribution in [3.63, 3.8) is 0 Å². The number of halogens is 1. The van der Waals surface area contributed by atoms with Crippen LogP contribution in [0.15, 0.2) is 28.2 Å². The van der Waals surface area contributed by atoms with E-state index in [2.05, 4.69) is 38.0 Å². The Morgan fingerprint density at radius 2 is 1.33 bits per heavy atom. The largest absolute Gasteiger partial charge is 0.375 e. The van der Waals surface area contributed by atoms with E-state index < -0.39 is 0 Å². The number of nitriles is 2. The van der Waals surface area contributed by atoms with Crippen LogP contribution in [-0.2, 0) is 0 Å². The SMILES string of the molecule is N#Cc1cc(C2CC2)c2nc(Br)sc2c1.N#Cc1cc(C2CC2)c2nc(N)sc2c1. The van der Waals surface area contributed by atoms with Gasteiger partial charge in [-0.05, 0) is 88.8 Å². The number of anilines is 1. The quantitative estimate of drug-likeness (QED) is 0.346. The fourth-order valence-electron chi connectivity index (χ4n) is 3.64. The monoisotopic (exact) mass is 493 g/mol. The van der Waals surface area contributed by atoms with Crippen LogP contribution in [0.1, 0.15) is 59.8 Å². The first-order chi connectivity index (χ1) is 14.6. The van der Waals surface area contributed by atoms with Gasteiger partial charge in [0.05, 0.1) is 43.7 Å². The molecule has 0 atom stereocenters. The topological polar surface area (TPSA) is 99.4 Å². The fourth-order valence-corrected chi connectivity index (χ4v) is 5.91. The van der Waals surface area contributed by atoms with Crippen LogP contribution in [0, 0.1) is 22.7 Å². The van der Waals surface area contributed by atoms with E-state index >= 15 is 0 Å². The van der Waals surface area contributed by atoms with Crippen molar-refractivity contribution in [2.45, 2.75) is 37.5 Å². The van der Waals surface area contributed by atoms with Crippen LogP contribution >= 0.6 is 38.6 Å². The molecule has 2 saturated carbocycles. The lowest BCUT2D eigenvalue weighted by atomic mass is 10.1. The standard InChI is InChI=1S/C11H7BrN2S.C11H9N3S/c12-11-14-10-8(7-1-2-7)3-6(5-13)4-9(10)15-11;12-5-6-3-8(7-1-2-7)10-9(4-6)15-11(13)14-10/h3-4,7H,1-2H2;3-4,7H,1-2H2,(H2,13,14). The van der Waals surface area contributed by atoms with Crippen molar-refractivity contribution in [3.8, 4) is 12.1 Å². The molecule has 0 saturated heterocycles. The zero-order valence-corrected chi connectivity index (χ0v) is 19.1. The van der Waals surface area contributed by atoms with Crippen LogP contribution < -0.4 is 5.73 Å². The molecule has 148 valence electrons. The molecular weight excluding hydrogens is 478 g/mol. The molecule has 4 aromatic rings. The van der Waals surface area contributed by atoms with Gasteiger partial charge < -0.3 is 5.73 Å². The van der Waals surface area contributed by atoms with Crippen molar-refractivity contribution in [1.82, 2.24) is 9.97 Å². The lowest BCUT2D eigenvalue weighted by Crippen LogP contribution is -1.86. The average Bonchev–Trinajstić information content (AvgIpc) is 3.65. The van der Waals surface area contributed by atoms with E-state index in [0.717, 1.165) is 29.9 Å². The molecule has 2 aliphatic rings. The Labute approximate surface area is 189 Å². The van der Waals surface area contributed by atoms with E-state index in [-0.39, 0.29) is 0 Å². The van der Waals surface area contributed by atoms with Gasteiger partial charge in [-0.1, -0.05) is 11.3 Å². The smallest absolute Gasteiger partial charge is 0.181 e. The van der Waals surface area contributed by atoms with Crippen LogP contribution in [-0.4, -0.2) is 9.97 Å². The van der Waals surface area contributed by atoms with E-state index in [4.69, 9.17) is 16.3 Å². The maximum Gasteiger partial charge on any atom is 0.181 e. The van der Waals surface area contributed by atoms with Crippen molar-refractivity contribution in [2.75, 3.05) is 5.73 Å². The lowest BCUT2D eigenvalue weighted by molar-refractivity contribution is 1.14. The second kappa shape index (κ2) is 7.63. The van der Waals surface area contributed by atoms with E-state index in [1.165, 1.54) is 48.1 Å². The lowest BCUT2D eigenvalue weighted by Gasteiger charge is -1.99. The third kappa shape index (κ3) is 3.79. The zero-order valence-electron chi connectivity index (χ0n) is 15.9. The van der Waals surface area contributed by atoms with Gasteiger partial charge in [0.2, 0.25) is 0 Å². The minimum atomic E-state index is 0.585. The molecule has 0 spiro atoms. The molecule has 0 bridgehead atoms.